The Hall–Kier alpha value is 0.250. The summed E-state index contributed by atoms with van der Waals surface area (Å²) < 4.78 is 0. The lowest BCUT2D eigenvalue weighted by molar-refractivity contribution is 0.253. The van der Waals surface area contributed by atoms with Gasteiger partial charge in [-0.05, 0) is 25.9 Å². The molecule has 1 saturated carbocycles. The number of rotatable bonds is 4. The maximum atomic E-state index is 5.62. The van der Waals surface area contributed by atoms with Crippen LogP contribution in [0.3, 0.4) is 0 Å². The van der Waals surface area contributed by atoms with Gasteiger partial charge in [0.05, 0.1) is 6.00 Å². The van der Waals surface area contributed by atoms with E-state index < -0.39 is 0 Å². The molecule has 60 valence electrons. The first-order valence-electron chi connectivity index (χ1n) is 4.07. The summed E-state index contributed by atoms with van der Waals surface area (Å²) in [6.07, 6.45) is 5.71. The molecule has 0 spiro atoms. The molecule has 1 aliphatic rings. The van der Waals surface area contributed by atoms with Gasteiger partial charge in [0.2, 0.25) is 0 Å². The van der Waals surface area contributed by atoms with Gasteiger partial charge in [0.1, 0.15) is 0 Å². The minimum absolute atomic E-state index is 0.673. The van der Waals surface area contributed by atoms with E-state index in [1.165, 1.54) is 32.2 Å². The largest absolute Gasteiger partial charge is 0.293 e. The molecule has 1 fully saturated rings. The number of hydrogen-bond acceptors (Lipinski definition) is 1. The molecule has 2 heteroatoms. The predicted octanol–water partition coefficient (Wildman–Crippen LogP) is 2.30. The fourth-order valence-electron chi connectivity index (χ4n) is 1.24. The van der Waals surface area contributed by atoms with Crippen LogP contribution in [-0.2, 0) is 0 Å². The zero-order chi connectivity index (χ0) is 7.40. The third-order valence-corrected chi connectivity index (χ3v) is 2.76. The van der Waals surface area contributed by atoms with Gasteiger partial charge in [-0.25, -0.2) is 0 Å². The van der Waals surface area contributed by atoms with Crippen molar-refractivity contribution in [3.63, 3.8) is 0 Å². The van der Waals surface area contributed by atoms with Gasteiger partial charge >= 0.3 is 0 Å². The summed E-state index contributed by atoms with van der Waals surface area (Å²) in [5.74, 6) is 1.02. The van der Waals surface area contributed by atoms with E-state index in [0.717, 1.165) is 5.92 Å². The van der Waals surface area contributed by atoms with E-state index >= 15 is 0 Å². The second kappa shape index (κ2) is 4.20. The van der Waals surface area contributed by atoms with Crippen LogP contribution in [0.2, 0.25) is 0 Å². The summed E-state index contributed by atoms with van der Waals surface area (Å²) in [5, 5.41) is 0. The van der Waals surface area contributed by atoms with Crippen LogP contribution in [-0.4, -0.2) is 24.5 Å². The van der Waals surface area contributed by atoms with Gasteiger partial charge in [0, 0.05) is 0 Å². The second-order valence-corrected chi connectivity index (χ2v) is 3.52. The van der Waals surface area contributed by atoms with Gasteiger partial charge in [0.15, 0.2) is 0 Å². The molecule has 0 aliphatic heterocycles. The average Bonchev–Trinajstić information content (AvgIpc) is 1.84. The minimum Gasteiger partial charge on any atom is -0.293 e. The van der Waals surface area contributed by atoms with E-state index in [2.05, 4.69) is 11.9 Å². The first-order valence-corrected chi connectivity index (χ1v) is 4.61. The van der Waals surface area contributed by atoms with Crippen LogP contribution in [0.1, 0.15) is 25.7 Å². The molecule has 0 saturated heterocycles. The number of halogens is 1. The Morgan fingerprint density at radius 3 is 2.60 bits per heavy atom. The minimum atomic E-state index is 0.673. The van der Waals surface area contributed by atoms with E-state index in [4.69, 9.17) is 11.6 Å². The molecule has 0 unspecified atom stereocenters. The van der Waals surface area contributed by atoms with E-state index in [0.29, 0.717) is 6.00 Å². The van der Waals surface area contributed by atoms with Crippen LogP contribution in [0.15, 0.2) is 0 Å². The highest BCUT2D eigenvalue weighted by molar-refractivity contribution is 6.17. The van der Waals surface area contributed by atoms with Crippen molar-refractivity contribution < 1.29 is 0 Å². The quantitative estimate of drug-likeness (QED) is 0.452. The summed E-state index contributed by atoms with van der Waals surface area (Å²) in [6, 6.07) is 0.673. The summed E-state index contributed by atoms with van der Waals surface area (Å²) in [6.45, 7) is 1.17. The van der Waals surface area contributed by atoms with Crippen LogP contribution >= 0.6 is 11.6 Å². The zero-order valence-corrected chi connectivity index (χ0v) is 7.40. The molecule has 0 radical (unpaired) electrons. The topological polar surface area (TPSA) is 3.24 Å². The van der Waals surface area contributed by atoms with Crippen molar-refractivity contribution in [1.29, 1.82) is 0 Å². The first kappa shape index (κ1) is 8.35. The smallest absolute Gasteiger partial charge is 0.0735 e. The molecule has 10 heavy (non-hydrogen) atoms. The van der Waals surface area contributed by atoms with Crippen molar-refractivity contribution in [3.8, 4) is 0 Å². The van der Waals surface area contributed by atoms with E-state index in [1.54, 1.807) is 0 Å². The molecule has 1 aliphatic carbocycles. The molecule has 0 N–H and O–H groups in total. The van der Waals surface area contributed by atoms with E-state index in [9.17, 15) is 0 Å². The summed E-state index contributed by atoms with van der Waals surface area (Å²) >= 11 is 5.62. The number of hydrogen-bond donors (Lipinski definition) is 0. The maximum Gasteiger partial charge on any atom is 0.0735 e. The molecule has 0 amide bonds. The molecule has 1 rings (SSSR count). The highest BCUT2D eigenvalue weighted by Crippen LogP contribution is 2.29. The molecular formula is C8H16ClN. The van der Waals surface area contributed by atoms with Crippen molar-refractivity contribution in [2.75, 3.05) is 19.6 Å². The Balaban J connectivity index is 1.93. The molecule has 0 heterocycles. The second-order valence-electron chi connectivity index (χ2n) is 3.28. The van der Waals surface area contributed by atoms with Crippen LogP contribution in [0, 0.1) is 5.92 Å². The zero-order valence-electron chi connectivity index (χ0n) is 6.65. The van der Waals surface area contributed by atoms with Gasteiger partial charge in [-0.3, -0.25) is 4.90 Å². The monoisotopic (exact) mass is 161 g/mol. The van der Waals surface area contributed by atoms with Crippen molar-refractivity contribution in [1.82, 2.24) is 4.90 Å². The van der Waals surface area contributed by atoms with Crippen molar-refractivity contribution >= 4 is 11.6 Å². The Morgan fingerprint density at radius 1 is 1.50 bits per heavy atom. The lowest BCUT2D eigenvalue weighted by Gasteiger charge is -2.26. The summed E-state index contributed by atoms with van der Waals surface area (Å²) in [5.41, 5.74) is 0. The molecule has 0 aromatic heterocycles. The predicted molar refractivity (Wildman–Crippen MR) is 45.3 cm³/mol. The third-order valence-electron chi connectivity index (χ3n) is 2.35. The maximum absolute atomic E-state index is 5.62. The Labute approximate surface area is 68.4 Å². The standard InChI is InChI=1S/C8H16ClN/c1-10(7-9)6-5-8-3-2-4-8/h8H,2-7H2,1H3. The first-order chi connectivity index (χ1) is 4.83. The third kappa shape index (κ3) is 2.47. The van der Waals surface area contributed by atoms with Crippen LogP contribution in [0.25, 0.3) is 0 Å². The van der Waals surface area contributed by atoms with Crippen molar-refractivity contribution in [3.05, 3.63) is 0 Å². The summed E-state index contributed by atoms with van der Waals surface area (Å²) in [4.78, 5) is 2.17. The normalized spacial score (nSPS) is 19.5. The highest BCUT2D eigenvalue weighted by atomic mass is 35.5. The highest BCUT2D eigenvalue weighted by Gasteiger charge is 2.16. The van der Waals surface area contributed by atoms with Crippen molar-refractivity contribution in [2.45, 2.75) is 25.7 Å². The van der Waals surface area contributed by atoms with Crippen LogP contribution in [0.4, 0.5) is 0 Å². The van der Waals surface area contributed by atoms with Crippen LogP contribution in [0.5, 0.6) is 0 Å². The molecule has 0 bridgehead atoms. The average molecular weight is 162 g/mol. The number of nitrogens with zero attached hydrogens (tertiary/aromatic N) is 1. The Morgan fingerprint density at radius 2 is 2.20 bits per heavy atom. The van der Waals surface area contributed by atoms with Gasteiger partial charge < -0.3 is 0 Å². The van der Waals surface area contributed by atoms with Gasteiger partial charge in [0.25, 0.3) is 0 Å². The fraction of sp³-hybridized carbons (Fsp3) is 1.00. The molecule has 0 aromatic carbocycles. The van der Waals surface area contributed by atoms with Gasteiger partial charge in [-0.2, -0.15) is 0 Å². The Bertz CT molecular complexity index is 86.5. The molecule has 0 atom stereocenters. The summed E-state index contributed by atoms with van der Waals surface area (Å²) in [7, 11) is 2.08. The number of alkyl halides is 1. The lowest BCUT2D eigenvalue weighted by atomic mass is 9.83. The molecular weight excluding hydrogens is 146 g/mol. The van der Waals surface area contributed by atoms with Crippen LogP contribution < -0.4 is 0 Å². The van der Waals surface area contributed by atoms with Gasteiger partial charge in [-0.1, -0.05) is 19.3 Å². The fourth-order valence-corrected chi connectivity index (χ4v) is 1.36. The van der Waals surface area contributed by atoms with E-state index in [-0.39, 0.29) is 0 Å². The Kier molecular flexibility index (Phi) is 3.50. The SMILES string of the molecule is CN(CCl)CCC1CCC1. The van der Waals surface area contributed by atoms with Gasteiger partial charge in [-0.15, -0.1) is 11.6 Å². The molecule has 0 aromatic rings. The lowest BCUT2D eigenvalue weighted by Crippen LogP contribution is -2.22. The molecule has 1 nitrogen and oxygen atoms in total. The van der Waals surface area contributed by atoms with E-state index in [1.807, 2.05) is 0 Å². The van der Waals surface area contributed by atoms with Crippen molar-refractivity contribution in [2.24, 2.45) is 5.92 Å².